The molecule has 0 radical (unpaired) electrons. The van der Waals surface area contributed by atoms with Crippen LogP contribution in [0.15, 0.2) is 12.4 Å². The molecule has 3 rings (SSSR count). The molecular weight excluding hydrogens is 270 g/mol. The largest absolute Gasteiger partial charge is 0.352 e. The molecule has 2 aromatic heterocycles. The normalized spacial score (nSPS) is 20.9. The van der Waals surface area contributed by atoms with Crippen LogP contribution in [0.3, 0.4) is 0 Å². The number of aryl methyl sites for hydroxylation is 1. The second-order valence-electron chi connectivity index (χ2n) is 4.02. The lowest BCUT2D eigenvalue weighted by atomic mass is 10.4. The summed E-state index contributed by atoms with van der Waals surface area (Å²) in [6.07, 6.45) is 4.85. The zero-order valence-corrected chi connectivity index (χ0v) is 10.6. The van der Waals surface area contributed by atoms with Crippen LogP contribution in [0.1, 0.15) is 12.2 Å². The Morgan fingerprint density at radius 2 is 2.31 bits per heavy atom. The lowest BCUT2D eigenvalue weighted by Crippen LogP contribution is -2.21. The summed E-state index contributed by atoms with van der Waals surface area (Å²) in [6, 6.07) is 0. The summed E-state index contributed by atoms with van der Waals surface area (Å²) in [5.74, 6) is 1.83. The molecule has 1 aliphatic heterocycles. The van der Waals surface area contributed by atoms with Gasteiger partial charge in [0, 0.05) is 30.3 Å². The molecule has 84 valence electrons. The number of aromatic nitrogens is 4. The summed E-state index contributed by atoms with van der Waals surface area (Å²) in [5, 5.41) is 8.26. The van der Waals surface area contributed by atoms with Gasteiger partial charge in [-0.2, -0.15) is 0 Å². The van der Waals surface area contributed by atoms with Gasteiger partial charge >= 0.3 is 0 Å². The van der Waals surface area contributed by atoms with Crippen molar-refractivity contribution < 1.29 is 0 Å². The van der Waals surface area contributed by atoms with Gasteiger partial charge in [0.2, 0.25) is 5.65 Å². The van der Waals surface area contributed by atoms with Crippen LogP contribution in [0.5, 0.6) is 0 Å². The molecule has 1 saturated heterocycles. The number of nitrogens with zero attached hydrogens (tertiary/aromatic N) is 5. The zero-order valence-electron chi connectivity index (χ0n) is 8.97. The van der Waals surface area contributed by atoms with Crippen molar-refractivity contribution in [3.05, 3.63) is 18.2 Å². The van der Waals surface area contributed by atoms with Gasteiger partial charge in [-0.25, -0.2) is 4.98 Å². The lowest BCUT2D eigenvalue weighted by Gasteiger charge is -2.16. The molecule has 0 aliphatic carbocycles. The van der Waals surface area contributed by atoms with Crippen molar-refractivity contribution in [2.24, 2.45) is 0 Å². The van der Waals surface area contributed by atoms with Gasteiger partial charge in [0.25, 0.3) is 0 Å². The van der Waals surface area contributed by atoms with Gasteiger partial charge in [0.1, 0.15) is 5.82 Å². The smallest absolute Gasteiger partial charge is 0.203 e. The third kappa shape index (κ3) is 1.48. The Kier molecular flexibility index (Phi) is 2.31. The maximum absolute atomic E-state index is 4.42. The van der Waals surface area contributed by atoms with Crippen LogP contribution in [0.2, 0.25) is 0 Å². The Hall–Kier alpha value is -1.17. The molecule has 5 nitrogen and oxygen atoms in total. The number of anilines is 1. The van der Waals surface area contributed by atoms with E-state index in [2.05, 4.69) is 36.0 Å². The summed E-state index contributed by atoms with van der Waals surface area (Å²) in [4.78, 5) is 7.23. The van der Waals surface area contributed by atoms with Crippen molar-refractivity contribution in [2.45, 2.75) is 18.2 Å². The van der Waals surface area contributed by atoms with Gasteiger partial charge in [0.15, 0.2) is 5.82 Å². The molecule has 0 spiro atoms. The molecule has 0 N–H and O–H groups in total. The number of rotatable bonds is 1. The van der Waals surface area contributed by atoms with Crippen LogP contribution in [-0.4, -0.2) is 37.5 Å². The second kappa shape index (κ2) is 3.69. The molecule has 0 bridgehead atoms. The highest BCUT2D eigenvalue weighted by atomic mass is 79.9. The Morgan fingerprint density at radius 1 is 1.44 bits per heavy atom. The average molecular weight is 282 g/mol. The van der Waals surface area contributed by atoms with Crippen molar-refractivity contribution in [1.29, 1.82) is 0 Å². The lowest BCUT2D eigenvalue weighted by molar-refractivity contribution is 0.925. The molecule has 3 heterocycles. The number of hydrogen-bond acceptors (Lipinski definition) is 4. The molecule has 0 amide bonds. The van der Waals surface area contributed by atoms with Gasteiger partial charge in [-0.3, -0.25) is 4.40 Å². The summed E-state index contributed by atoms with van der Waals surface area (Å²) in [5.41, 5.74) is 0.849. The third-order valence-corrected chi connectivity index (χ3v) is 3.66. The second-order valence-corrected chi connectivity index (χ2v) is 5.32. The van der Waals surface area contributed by atoms with E-state index in [1.807, 2.05) is 17.5 Å². The molecule has 0 aromatic carbocycles. The van der Waals surface area contributed by atoms with E-state index in [9.17, 15) is 0 Å². The molecule has 1 unspecified atom stereocenters. The van der Waals surface area contributed by atoms with Crippen molar-refractivity contribution >= 4 is 27.4 Å². The first-order chi connectivity index (χ1) is 7.75. The Morgan fingerprint density at radius 3 is 3.06 bits per heavy atom. The van der Waals surface area contributed by atoms with Gasteiger partial charge in [-0.05, 0) is 13.3 Å². The van der Waals surface area contributed by atoms with Crippen molar-refractivity contribution in [3.63, 3.8) is 0 Å². The van der Waals surface area contributed by atoms with Crippen molar-refractivity contribution in [1.82, 2.24) is 19.6 Å². The SMILES string of the molecule is Cc1nnc2c(N3CCC(Br)C3)nccn12. The monoisotopic (exact) mass is 281 g/mol. The van der Waals surface area contributed by atoms with Crippen LogP contribution >= 0.6 is 15.9 Å². The summed E-state index contributed by atoms with van der Waals surface area (Å²) < 4.78 is 1.98. The molecule has 2 aromatic rings. The fourth-order valence-electron chi connectivity index (χ4n) is 2.06. The minimum Gasteiger partial charge on any atom is -0.352 e. The quantitative estimate of drug-likeness (QED) is 0.742. The minimum absolute atomic E-state index is 0.554. The van der Waals surface area contributed by atoms with E-state index in [0.717, 1.165) is 36.8 Å². The standard InChI is InChI=1S/C10H12BrN5/c1-7-13-14-10-9(12-3-5-16(7)10)15-4-2-8(11)6-15/h3,5,8H,2,4,6H2,1H3. The Balaban J connectivity index is 2.09. The van der Waals surface area contributed by atoms with E-state index in [1.165, 1.54) is 0 Å². The molecule has 1 aliphatic rings. The molecule has 6 heteroatoms. The fraction of sp³-hybridized carbons (Fsp3) is 0.500. The van der Waals surface area contributed by atoms with Crippen LogP contribution in [-0.2, 0) is 0 Å². The molecular formula is C10H12BrN5. The van der Waals surface area contributed by atoms with Crippen LogP contribution < -0.4 is 4.90 Å². The molecule has 0 saturated carbocycles. The maximum atomic E-state index is 4.42. The zero-order chi connectivity index (χ0) is 11.1. The predicted octanol–water partition coefficient (Wildman–Crippen LogP) is 1.41. The van der Waals surface area contributed by atoms with E-state index >= 15 is 0 Å². The summed E-state index contributed by atoms with van der Waals surface area (Å²) >= 11 is 3.63. The topological polar surface area (TPSA) is 46.3 Å². The molecule has 1 fully saturated rings. The summed E-state index contributed by atoms with van der Waals surface area (Å²) in [6.45, 7) is 3.95. The predicted molar refractivity (Wildman–Crippen MR) is 65.1 cm³/mol. The fourth-order valence-corrected chi connectivity index (χ4v) is 2.62. The first-order valence-corrected chi connectivity index (χ1v) is 6.22. The number of alkyl halides is 1. The van der Waals surface area contributed by atoms with Crippen LogP contribution in [0, 0.1) is 6.92 Å². The molecule has 16 heavy (non-hydrogen) atoms. The minimum atomic E-state index is 0.554. The highest BCUT2D eigenvalue weighted by Crippen LogP contribution is 2.24. The highest BCUT2D eigenvalue weighted by molar-refractivity contribution is 9.09. The van der Waals surface area contributed by atoms with E-state index < -0.39 is 0 Å². The summed E-state index contributed by atoms with van der Waals surface area (Å²) in [7, 11) is 0. The van der Waals surface area contributed by atoms with Gasteiger partial charge < -0.3 is 4.90 Å². The average Bonchev–Trinajstić information content (AvgIpc) is 2.86. The van der Waals surface area contributed by atoms with E-state index in [-0.39, 0.29) is 0 Å². The maximum Gasteiger partial charge on any atom is 0.203 e. The van der Waals surface area contributed by atoms with Gasteiger partial charge in [-0.15, -0.1) is 10.2 Å². The first kappa shape index (κ1) is 10.0. The van der Waals surface area contributed by atoms with Crippen molar-refractivity contribution in [3.8, 4) is 0 Å². The van der Waals surface area contributed by atoms with E-state index in [1.54, 1.807) is 6.20 Å². The van der Waals surface area contributed by atoms with Gasteiger partial charge in [-0.1, -0.05) is 15.9 Å². The van der Waals surface area contributed by atoms with E-state index in [4.69, 9.17) is 0 Å². The molecule has 1 atom stereocenters. The Labute approximate surface area is 102 Å². The Bertz CT molecular complexity index is 523. The number of halogens is 1. The first-order valence-electron chi connectivity index (χ1n) is 5.31. The van der Waals surface area contributed by atoms with Crippen LogP contribution in [0.4, 0.5) is 5.82 Å². The van der Waals surface area contributed by atoms with Gasteiger partial charge in [0.05, 0.1) is 0 Å². The highest BCUT2D eigenvalue weighted by Gasteiger charge is 2.23. The number of hydrogen-bond donors (Lipinski definition) is 0. The third-order valence-electron chi connectivity index (χ3n) is 2.91. The number of fused-ring (bicyclic) bond motifs is 1. The van der Waals surface area contributed by atoms with Crippen molar-refractivity contribution in [2.75, 3.05) is 18.0 Å². The van der Waals surface area contributed by atoms with Crippen LogP contribution in [0.25, 0.3) is 5.65 Å². The van der Waals surface area contributed by atoms with E-state index in [0.29, 0.717) is 4.83 Å².